The highest BCUT2D eigenvalue weighted by atomic mass is 32.2. The number of carbonyl (C=O) groups is 2. The molecule has 0 saturated carbocycles. The number of Topliss-reactive ketones (excluding diaryl/α,β-unsaturated/α-hetero) is 1. The van der Waals surface area contributed by atoms with Crippen molar-refractivity contribution in [2.45, 2.75) is 115 Å². The van der Waals surface area contributed by atoms with Crippen LogP contribution in [0.1, 0.15) is 126 Å². The second-order valence-electron chi connectivity index (χ2n) is 11.9. The first-order valence-corrected chi connectivity index (χ1v) is 17.5. The van der Waals surface area contributed by atoms with Crippen LogP contribution >= 0.6 is 11.8 Å². The lowest BCUT2D eigenvalue weighted by Gasteiger charge is -2.36. The van der Waals surface area contributed by atoms with Crippen molar-refractivity contribution in [2.75, 3.05) is 13.7 Å². The maximum Gasteiger partial charge on any atom is 0.339 e. The summed E-state index contributed by atoms with van der Waals surface area (Å²) in [6.07, 6.45) is 25.7. The van der Waals surface area contributed by atoms with Crippen LogP contribution in [0.2, 0.25) is 0 Å². The third kappa shape index (κ3) is 15.3. The summed E-state index contributed by atoms with van der Waals surface area (Å²) in [5.41, 5.74) is 3.54. The number of rotatable bonds is 15. The zero-order valence-corrected chi connectivity index (χ0v) is 29.6. The highest BCUT2D eigenvalue weighted by Crippen LogP contribution is 2.45. The van der Waals surface area contributed by atoms with Crippen LogP contribution in [0.25, 0.3) is 0 Å². The fourth-order valence-corrected chi connectivity index (χ4v) is 6.32. The van der Waals surface area contributed by atoms with Crippen molar-refractivity contribution < 1.29 is 19.1 Å². The van der Waals surface area contributed by atoms with Crippen LogP contribution in [0.4, 0.5) is 0 Å². The van der Waals surface area contributed by atoms with Gasteiger partial charge < -0.3 is 14.3 Å². The third-order valence-electron chi connectivity index (χ3n) is 7.45. The van der Waals surface area contributed by atoms with E-state index in [0.29, 0.717) is 23.6 Å². The smallest absolute Gasteiger partial charge is 0.339 e. The van der Waals surface area contributed by atoms with Gasteiger partial charge in [-0.1, -0.05) is 87.8 Å². The molecule has 1 aromatic carbocycles. The Balaban J connectivity index is 0.000000344. The SMILES string of the molecule is CC/C=C\C/C=C\C/C=C\CCCCCCC(C)=O.CCOC(=O)c1ccc(C#Cc2ccc3c(c2)C(C)(C)CC(OC)S3)nc1. The molecule has 1 aromatic heterocycles. The van der Waals surface area contributed by atoms with Crippen LogP contribution in [0.3, 0.4) is 0 Å². The fourth-order valence-electron chi connectivity index (χ4n) is 4.84. The summed E-state index contributed by atoms with van der Waals surface area (Å²) in [5, 5.41) is 0. The van der Waals surface area contributed by atoms with Gasteiger partial charge in [-0.25, -0.2) is 9.78 Å². The summed E-state index contributed by atoms with van der Waals surface area (Å²) in [6, 6.07) is 9.73. The zero-order chi connectivity index (χ0) is 33.6. The monoisotopic (exact) mass is 643 g/mol. The van der Waals surface area contributed by atoms with Crippen molar-refractivity contribution in [1.29, 1.82) is 0 Å². The van der Waals surface area contributed by atoms with Crippen LogP contribution in [0.5, 0.6) is 0 Å². The first-order valence-electron chi connectivity index (χ1n) is 16.6. The number of ketones is 1. The molecule has 1 atom stereocenters. The topological polar surface area (TPSA) is 65.5 Å². The van der Waals surface area contributed by atoms with Gasteiger partial charge in [0, 0.05) is 30.2 Å². The Morgan fingerprint density at radius 3 is 2.33 bits per heavy atom. The number of hydrogen-bond acceptors (Lipinski definition) is 6. The molecule has 0 spiro atoms. The minimum absolute atomic E-state index is 0.0402. The van der Waals surface area contributed by atoms with Crippen molar-refractivity contribution in [2.24, 2.45) is 0 Å². The lowest BCUT2D eigenvalue weighted by Crippen LogP contribution is -2.29. The van der Waals surface area contributed by atoms with E-state index in [1.165, 1.54) is 42.3 Å². The summed E-state index contributed by atoms with van der Waals surface area (Å²) < 4.78 is 10.5. The second-order valence-corrected chi connectivity index (χ2v) is 13.1. The molecule has 0 fully saturated rings. The van der Waals surface area contributed by atoms with E-state index in [2.05, 4.69) is 86.2 Å². The van der Waals surface area contributed by atoms with Gasteiger partial charge in [0.15, 0.2) is 0 Å². The number of aromatic nitrogens is 1. The Morgan fingerprint density at radius 2 is 1.67 bits per heavy atom. The van der Waals surface area contributed by atoms with Gasteiger partial charge in [0.25, 0.3) is 0 Å². The molecule has 46 heavy (non-hydrogen) atoms. The molecule has 0 aliphatic carbocycles. The van der Waals surface area contributed by atoms with E-state index in [1.54, 1.807) is 44.9 Å². The van der Waals surface area contributed by atoms with Crippen molar-refractivity contribution in [1.82, 2.24) is 4.98 Å². The van der Waals surface area contributed by atoms with Crippen molar-refractivity contribution in [3.8, 4) is 11.8 Å². The highest BCUT2D eigenvalue weighted by molar-refractivity contribution is 7.99. The summed E-state index contributed by atoms with van der Waals surface area (Å²) >= 11 is 1.76. The average Bonchev–Trinajstić information content (AvgIpc) is 3.04. The van der Waals surface area contributed by atoms with E-state index in [4.69, 9.17) is 9.47 Å². The van der Waals surface area contributed by atoms with Crippen LogP contribution in [0, 0.1) is 11.8 Å². The summed E-state index contributed by atoms with van der Waals surface area (Å²) in [6.45, 7) is 10.4. The van der Waals surface area contributed by atoms with E-state index >= 15 is 0 Å². The highest BCUT2D eigenvalue weighted by Gasteiger charge is 2.33. The molecule has 2 aromatic rings. The summed E-state index contributed by atoms with van der Waals surface area (Å²) in [5.74, 6) is 6.20. The molecule has 5 nitrogen and oxygen atoms in total. The quantitative estimate of drug-likeness (QED) is 0.0833. The lowest BCUT2D eigenvalue weighted by atomic mass is 9.80. The van der Waals surface area contributed by atoms with E-state index < -0.39 is 0 Å². The molecule has 0 saturated heterocycles. The third-order valence-corrected chi connectivity index (χ3v) is 8.68. The molecule has 6 heteroatoms. The molecule has 1 aliphatic heterocycles. The first kappa shape index (κ1) is 38.8. The number of esters is 1. The molecule has 1 unspecified atom stereocenters. The standard InChI is InChI=1S/C22H23NO3S.C18H30O/c1-5-26-21(24)16-8-10-17(23-14-16)9-6-15-7-11-19-18(12-15)22(2,3)13-20(25-4)27-19;1-3-4-5-6-7-8-9-10-11-12-13-14-15-16-17-18(2)19/h7-8,10-12,14,20H,5,13H2,1-4H3;4-5,7-8,10-11H,3,6,9,12-17H2,1-2H3/b;5-4-,8-7-,11-10-. The second kappa shape index (κ2) is 22.2. The number of nitrogens with zero attached hydrogens (tertiary/aromatic N) is 1. The number of pyridine rings is 1. The Labute approximate surface area is 282 Å². The van der Waals surface area contributed by atoms with Gasteiger partial charge >= 0.3 is 5.97 Å². The Bertz CT molecular complexity index is 1360. The van der Waals surface area contributed by atoms with Crippen molar-refractivity contribution >= 4 is 23.5 Å². The average molecular weight is 644 g/mol. The summed E-state index contributed by atoms with van der Waals surface area (Å²) in [7, 11) is 1.76. The normalized spacial score (nSPS) is 15.2. The van der Waals surface area contributed by atoms with Gasteiger partial charge in [-0.15, -0.1) is 0 Å². The zero-order valence-electron chi connectivity index (χ0n) is 28.8. The largest absolute Gasteiger partial charge is 0.462 e. The minimum Gasteiger partial charge on any atom is -0.462 e. The molecule has 0 amide bonds. The lowest BCUT2D eigenvalue weighted by molar-refractivity contribution is -0.117. The molecular formula is C40H53NO4S. The number of thioether (sulfide) groups is 1. The number of benzene rings is 1. The van der Waals surface area contributed by atoms with E-state index in [-0.39, 0.29) is 16.8 Å². The summed E-state index contributed by atoms with van der Waals surface area (Å²) in [4.78, 5) is 27.9. The number of allylic oxidation sites excluding steroid dienone is 6. The predicted octanol–water partition coefficient (Wildman–Crippen LogP) is 10.2. The molecule has 3 rings (SSSR count). The molecule has 0 bridgehead atoms. The van der Waals surface area contributed by atoms with Crippen LogP contribution in [-0.4, -0.2) is 35.9 Å². The van der Waals surface area contributed by atoms with Gasteiger partial charge in [0.2, 0.25) is 0 Å². The maximum atomic E-state index is 11.7. The van der Waals surface area contributed by atoms with E-state index in [0.717, 1.165) is 44.1 Å². The first-order chi connectivity index (χ1) is 22.2. The molecule has 2 heterocycles. The molecule has 0 radical (unpaired) electrons. The van der Waals surface area contributed by atoms with Gasteiger partial charge in [0.1, 0.15) is 16.9 Å². The van der Waals surface area contributed by atoms with Gasteiger partial charge in [-0.3, -0.25) is 0 Å². The van der Waals surface area contributed by atoms with Gasteiger partial charge in [-0.05, 0) is 106 Å². The molecule has 1 aliphatic rings. The van der Waals surface area contributed by atoms with Crippen LogP contribution < -0.4 is 0 Å². The number of carbonyl (C=O) groups excluding carboxylic acids is 2. The Hall–Kier alpha value is -3.40. The van der Waals surface area contributed by atoms with Crippen LogP contribution in [-0.2, 0) is 19.7 Å². The molecular weight excluding hydrogens is 591 g/mol. The fraction of sp³-hybridized carbons (Fsp3) is 0.475. The van der Waals surface area contributed by atoms with Crippen LogP contribution in [0.15, 0.2) is 77.9 Å². The Morgan fingerprint density at radius 1 is 0.957 bits per heavy atom. The van der Waals surface area contributed by atoms with Gasteiger partial charge in [0.05, 0.1) is 12.2 Å². The minimum atomic E-state index is -0.367. The van der Waals surface area contributed by atoms with Crippen molar-refractivity contribution in [3.05, 3.63) is 95.4 Å². The molecule has 248 valence electrons. The maximum absolute atomic E-state index is 11.7. The van der Waals surface area contributed by atoms with Gasteiger partial charge in [-0.2, -0.15) is 0 Å². The predicted molar refractivity (Wildman–Crippen MR) is 192 cm³/mol. The number of ether oxygens (including phenoxy) is 2. The van der Waals surface area contributed by atoms with E-state index in [1.807, 2.05) is 6.07 Å². The van der Waals surface area contributed by atoms with Crippen molar-refractivity contribution in [3.63, 3.8) is 0 Å². The Kier molecular flexibility index (Phi) is 18.7. The number of fused-ring (bicyclic) bond motifs is 1. The number of unbranched alkanes of at least 4 members (excludes halogenated alkanes) is 4. The molecule has 0 N–H and O–H groups in total. The number of hydrogen-bond donors (Lipinski definition) is 0. The number of methoxy groups -OCH3 is 1. The van der Waals surface area contributed by atoms with E-state index in [9.17, 15) is 9.59 Å².